The van der Waals surface area contributed by atoms with Crippen LogP contribution in [0.15, 0.2) is 43.4 Å². The maximum Gasteiger partial charge on any atom is 0.338 e. The molecular formula is C18H24N4O2. The first kappa shape index (κ1) is 17.8. The molecule has 0 spiro atoms. The lowest BCUT2D eigenvalue weighted by Gasteiger charge is -2.04. The number of hydrogen-bond acceptors (Lipinski definition) is 5. The molecule has 0 amide bonds. The second kappa shape index (κ2) is 10.3. The largest absolute Gasteiger partial charge is 0.462 e. The van der Waals surface area contributed by atoms with Crippen LogP contribution in [0.2, 0.25) is 0 Å². The third kappa shape index (κ3) is 6.32. The van der Waals surface area contributed by atoms with Crippen molar-refractivity contribution in [2.45, 2.75) is 45.1 Å². The predicted octanol–water partition coefficient (Wildman–Crippen LogP) is 3.21. The Morgan fingerprint density at radius 2 is 2.04 bits per heavy atom. The van der Waals surface area contributed by atoms with E-state index in [2.05, 4.69) is 21.9 Å². The zero-order valence-electron chi connectivity index (χ0n) is 13.9. The number of allylic oxidation sites excluding steroid dienone is 1. The SMILES string of the molecule is C=CCCCCCc1cn(CCCOC(=O)c2ccncc2)nn1. The van der Waals surface area contributed by atoms with Crippen LogP contribution in [0, 0.1) is 0 Å². The zero-order valence-corrected chi connectivity index (χ0v) is 13.9. The average Bonchev–Trinajstić information content (AvgIpc) is 3.07. The number of nitrogens with zero attached hydrogens (tertiary/aromatic N) is 4. The third-order valence-corrected chi connectivity index (χ3v) is 3.61. The van der Waals surface area contributed by atoms with Gasteiger partial charge in [-0.15, -0.1) is 11.7 Å². The van der Waals surface area contributed by atoms with Crippen LogP contribution in [-0.2, 0) is 17.7 Å². The number of ether oxygens (including phenoxy) is 1. The van der Waals surface area contributed by atoms with Gasteiger partial charge in [0.25, 0.3) is 0 Å². The highest BCUT2D eigenvalue weighted by atomic mass is 16.5. The minimum absolute atomic E-state index is 0.323. The molecule has 0 saturated heterocycles. The number of esters is 1. The van der Waals surface area contributed by atoms with Crippen LogP contribution >= 0.6 is 0 Å². The summed E-state index contributed by atoms with van der Waals surface area (Å²) in [6.45, 7) is 4.77. The van der Waals surface area contributed by atoms with Gasteiger partial charge >= 0.3 is 5.97 Å². The van der Waals surface area contributed by atoms with Crippen LogP contribution in [0.1, 0.15) is 48.2 Å². The molecule has 0 aliphatic carbocycles. The maximum atomic E-state index is 11.8. The standard InChI is InChI=1S/C18H24N4O2/c1-2-3-4-5-6-8-17-15-22(21-20-17)13-7-14-24-18(23)16-9-11-19-12-10-16/h2,9-12,15H,1,3-8,13-14H2. The van der Waals surface area contributed by atoms with E-state index >= 15 is 0 Å². The van der Waals surface area contributed by atoms with Crippen molar-refractivity contribution in [3.8, 4) is 0 Å². The fraction of sp³-hybridized carbons (Fsp3) is 0.444. The fourth-order valence-corrected chi connectivity index (χ4v) is 2.30. The Kier molecular flexibility index (Phi) is 7.67. The minimum Gasteiger partial charge on any atom is -0.462 e. The molecule has 0 unspecified atom stereocenters. The third-order valence-electron chi connectivity index (χ3n) is 3.61. The second-order valence-electron chi connectivity index (χ2n) is 5.59. The average molecular weight is 328 g/mol. The Balaban J connectivity index is 1.61. The van der Waals surface area contributed by atoms with Gasteiger partial charge in [-0.1, -0.05) is 17.7 Å². The van der Waals surface area contributed by atoms with E-state index in [1.165, 1.54) is 12.8 Å². The number of rotatable bonds is 11. The van der Waals surface area contributed by atoms with Crippen molar-refractivity contribution in [1.29, 1.82) is 0 Å². The van der Waals surface area contributed by atoms with Crippen molar-refractivity contribution >= 4 is 5.97 Å². The molecule has 0 radical (unpaired) electrons. The van der Waals surface area contributed by atoms with Gasteiger partial charge in [0.05, 0.1) is 17.9 Å². The summed E-state index contributed by atoms with van der Waals surface area (Å²) in [6, 6.07) is 3.28. The number of carbonyl (C=O) groups is 1. The van der Waals surface area contributed by atoms with E-state index in [9.17, 15) is 4.79 Å². The van der Waals surface area contributed by atoms with Crippen molar-refractivity contribution in [1.82, 2.24) is 20.0 Å². The van der Waals surface area contributed by atoms with Crippen molar-refractivity contribution in [3.63, 3.8) is 0 Å². The Morgan fingerprint density at radius 3 is 2.83 bits per heavy atom. The topological polar surface area (TPSA) is 69.9 Å². The van der Waals surface area contributed by atoms with E-state index in [0.29, 0.717) is 25.1 Å². The van der Waals surface area contributed by atoms with Crippen molar-refractivity contribution in [2.75, 3.05) is 6.61 Å². The first-order valence-electron chi connectivity index (χ1n) is 8.36. The van der Waals surface area contributed by atoms with Gasteiger partial charge in [0.1, 0.15) is 0 Å². The summed E-state index contributed by atoms with van der Waals surface area (Å²) in [7, 11) is 0. The van der Waals surface area contributed by atoms with E-state index in [4.69, 9.17) is 4.74 Å². The summed E-state index contributed by atoms with van der Waals surface area (Å²) < 4.78 is 7.03. The lowest BCUT2D eigenvalue weighted by molar-refractivity contribution is 0.0494. The summed E-state index contributed by atoms with van der Waals surface area (Å²) in [5.41, 5.74) is 1.53. The van der Waals surface area contributed by atoms with E-state index in [-0.39, 0.29) is 5.97 Å². The van der Waals surface area contributed by atoms with Gasteiger partial charge in [-0.25, -0.2) is 4.79 Å². The highest BCUT2D eigenvalue weighted by Crippen LogP contribution is 2.06. The Hall–Kier alpha value is -2.50. The highest BCUT2D eigenvalue weighted by Gasteiger charge is 2.06. The number of hydrogen-bond donors (Lipinski definition) is 0. The van der Waals surface area contributed by atoms with E-state index in [1.54, 1.807) is 29.2 Å². The molecular weight excluding hydrogens is 304 g/mol. The zero-order chi connectivity index (χ0) is 17.0. The van der Waals surface area contributed by atoms with Crippen molar-refractivity contribution < 1.29 is 9.53 Å². The molecule has 0 saturated carbocycles. The van der Waals surface area contributed by atoms with Crippen LogP contribution < -0.4 is 0 Å². The summed E-state index contributed by atoms with van der Waals surface area (Å²) >= 11 is 0. The van der Waals surface area contributed by atoms with Crippen molar-refractivity contribution in [3.05, 3.63) is 54.6 Å². The molecule has 2 heterocycles. The van der Waals surface area contributed by atoms with Crippen molar-refractivity contribution in [2.24, 2.45) is 0 Å². The van der Waals surface area contributed by atoms with Gasteiger partial charge in [0.2, 0.25) is 0 Å². The number of pyridine rings is 1. The normalized spacial score (nSPS) is 10.5. The quantitative estimate of drug-likeness (QED) is 0.360. The minimum atomic E-state index is -0.323. The second-order valence-corrected chi connectivity index (χ2v) is 5.59. The lowest BCUT2D eigenvalue weighted by Crippen LogP contribution is -2.09. The van der Waals surface area contributed by atoms with Crippen LogP contribution in [0.4, 0.5) is 0 Å². The van der Waals surface area contributed by atoms with Gasteiger partial charge in [0.15, 0.2) is 0 Å². The molecule has 2 aromatic heterocycles. The van der Waals surface area contributed by atoms with Crippen LogP contribution in [0.25, 0.3) is 0 Å². The number of aryl methyl sites for hydroxylation is 2. The molecule has 0 aliphatic heterocycles. The summed E-state index contributed by atoms with van der Waals surface area (Å²) in [5, 5.41) is 8.28. The van der Waals surface area contributed by atoms with Gasteiger partial charge in [0, 0.05) is 31.6 Å². The Labute approximate surface area is 142 Å². The first-order valence-corrected chi connectivity index (χ1v) is 8.36. The Bertz CT molecular complexity index is 625. The Morgan fingerprint density at radius 1 is 1.21 bits per heavy atom. The molecule has 2 aromatic rings. The molecule has 0 atom stereocenters. The van der Waals surface area contributed by atoms with E-state index in [1.807, 2.05) is 12.3 Å². The summed E-state index contributed by atoms with van der Waals surface area (Å²) in [5.74, 6) is -0.323. The molecule has 6 heteroatoms. The maximum absolute atomic E-state index is 11.8. The van der Waals surface area contributed by atoms with E-state index < -0.39 is 0 Å². The molecule has 0 bridgehead atoms. The molecule has 24 heavy (non-hydrogen) atoms. The molecule has 0 aliphatic rings. The number of aromatic nitrogens is 4. The molecule has 0 aromatic carbocycles. The predicted molar refractivity (Wildman–Crippen MR) is 91.5 cm³/mol. The van der Waals surface area contributed by atoms with Gasteiger partial charge in [-0.2, -0.15) is 0 Å². The fourth-order valence-electron chi connectivity index (χ4n) is 2.30. The van der Waals surface area contributed by atoms with E-state index in [0.717, 1.165) is 25.0 Å². The monoisotopic (exact) mass is 328 g/mol. The summed E-state index contributed by atoms with van der Waals surface area (Å²) in [4.78, 5) is 15.6. The molecule has 0 N–H and O–H groups in total. The molecule has 2 rings (SSSR count). The number of carbonyl (C=O) groups excluding carboxylic acids is 1. The van der Waals surface area contributed by atoms with Crippen LogP contribution in [0.3, 0.4) is 0 Å². The first-order chi connectivity index (χ1) is 11.8. The lowest BCUT2D eigenvalue weighted by atomic mass is 10.1. The van der Waals surface area contributed by atoms with Gasteiger partial charge < -0.3 is 4.74 Å². The van der Waals surface area contributed by atoms with Gasteiger partial charge in [-0.3, -0.25) is 9.67 Å². The van der Waals surface area contributed by atoms with Gasteiger partial charge in [-0.05, 0) is 37.8 Å². The van der Waals surface area contributed by atoms with Crippen LogP contribution in [0.5, 0.6) is 0 Å². The molecule has 0 fully saturated rings. The van der Waals surface area contributed by atoms with Crippen LogP contribution in [-0.4, -0.2) is 32.6 Å². The molecule has 128 valence electrons. The number of unbranched alkanes of at least 4 members (excludes halogenated alkanes) is 3. The highest BCUT2D eigenvalue weighted by molar-refractivity contribution is 5.89. The summed E-state index contributed by atoms with van der Waals surface area (Å²) in [6.07, 6.45) is 13.3. The smallest absolute Gasteiger partial charge is 0.338 e. The molecule has 6 nitrogen and oxygen atoms in total.